The van der Waals surface area contributed by atoms with E-state index in [1.165, 1.54) is 17.7 Å². The van der Waals surface area contributed by atoms with Crippen LogP contribution < -0.4 is 10.9 Å². The third kappa shape index (κ3) is 2.70. The molecule has 1 aromatic heterocycles. The smallest absolute Gasteiger partial charge is 0.258 e. The molecule has 1 aromatic carbocycles. The monoisotopic (exact) mass is 323 g/mol. The number of aromatic nitrogens is 1. The van der Waals surface area contributed by atoms with E-state index in [2.05, 4.69) is 48.6 Å². The van der Waals surface area contributed by atoms with Crippen molar-refractivity contribution in [2.45, 2.75) is 25.4 Å². The zero-order chi connectivity index (χ0) is 16.7. The normalized spacial score (nSPS) is 22.5. The van der Waals surface area contributed by atoms with Crippen LogP contribution >= 0.6 is 0 Å². The van der Waals surface area contributed by atoms with Crippen molar-refractivity contribution in [2.75, 3.05) is 27.2 Å². The fraction of sp³-hybridized carbons (Fsp3) is 0.450. The maximum absolute atomic E-state index is 13.2. The third-order valence-electron chi connectivity index (χ3n) is 5.30. The predicted molar refractivity (Wildman–Crippen MR) is 97.2 cm³/mol. The first-order valence-corrected chi connectivity index (χ1v) is 8.81. The van der Waals surface area contributed by atoms with Crippen LogP contribution in [0.25, 0.3) is 11.1 Å². The van der Waals surface area contributed by atoms with Crippen molar-refractivity contribution in [1.29, 1.82) is 0 Å². The molecule has 1 fully saturated rings. The molecule has 0 spiro atoms. The lowest BCUT2D eigenvalue weighted by Gasteiger charge is -2.37. The molecule has 0 amide bonds. The second-order valence-corrected chi connectivity index (χ2v) is 7.44. The first kappa shape index (κ1) is 15.6. The predicted octanol–water partition coefficient (Wildman–Crippen LogP) is 2.28. The Hall–Kier alpha value is -1.91. The average molecular weight is 323 g/mol. The van der Waals surface area contributed by atoms with Crippen molar-refractivity contribution in [3.63, 3.8) is 0 Å². The summed E-state index contributed by atoms with van der Waals surface area (Å²) in [6.45, 7) is 3.71. The van der Waals surface area contributed by atoms with Crippen LogP contribution in [0.1, 0.15) is 23.6 Å². The van der Waals surface area contributed by atoms with E-state index in [0.717, 1.165) is 37.3 Å². The minimum absolute atomic E-state index is 0.176. The molecule has 3 heterocycles. The van der Waals surface area contributed by atoms with Crippen LogP contribution in [-0.4, -0.2) is 36.7 Å². The van der Waals surface area contributed by atoms with Gasteiger partial charge in [-0.3, -0.25) is 4.79 Å². The highest BCUT2D eigenvalue weighted by atomic mass is 16.1. The molecule has 1 saturated heterocycles. The van der Waals surface area contributed by atoms with Crippen LogP contribution in [0.15, 0.2) is 41.2 Å². The lowest BCUT2D eigenvalue weighted by atomic mass is 9.84. The van der Waals surface area contributed by atoms with Crippen molar-refractivity contribution in [3.8, 4) is 11.1 Å². The molecule has 2 aliphatic heterocycles. The largest absolute Gasteiger partial charge is 0.316 e. The van der Waals surface area contributed by atoms with Gasteiger partial charge in [0.05, 0.1) is 0 Å². The summed E-state index contributed by atoms with van der Waals surface area (Å²) in [6, 6.07) is 12.5. The molecule has 0 radical (unpaired) electrons. The van der Waals surface area contributed by atoms with E-state index in [4.69, 9.17) is 0 Å². The van der Waals surface area contributed by atoms with Crippen molar-refractivity contribution in [3.05, 3.63) is 58.0 Å². The summed E-state index contributed by atoms with van der Waals surface area (Å²) in [5.41, 5.74) is 4.50. The van der Waals surface area contributed by atoms with Gasteiger partial charge in [-0.15, -0.1) is 0 Å². The molecule has 2 bridgehead atoms. The standard InChI is InChI=1S/C20H25N3O/c1-22(2)13-15-5-3-4-6-17(15)18-7-8-19-16-9-14(10-21-11-16)12-23(19)20(18)24/h3-8,14,16,21H,9-13H2,1-2H3/t14-,16-/m1/s1. The van der Waals surface area contributed by atoms with Crippen LogP contribution in [0.5, 0.6) is 0 Å². The van der Waals surface area contributed by atoms with Gasteiger partial charge >= 0.3 is 0 Å². The number of piperidine rings is 1. The van der Waals surface area contributed by atoms with Gasteiger partial charge in [-0.1, -0.05) is 24.3 Å². The molecule has 2 aromatic rings. The van der Waals surface area contributed by atoms with E-state index in [9.17, 15) is 4.79 Å². The summed E-state index contributed by atoms with van der Waals surface area (Å²) in [4.78, 5) is 15.4. The van der Waals surface area contributed by atoms with E-state index in [0.29, 0.717) is 11.8 Å². The van der Waals surface area contributed by atoms with Gasteiger partial charge in [0.2, 0.25) is 0 Å². The number of nitrogens with one attached hydrogen (secondary N) is 1. The summed E-state index contributed by atoms with van der Waals surface area (Å²) in [6.07, 6.45) is 1.21. The number of hydrogen-bond acceptors (Lipinski definition) is 3. The van der Waals surface area contributed by atoms with E-state index in [1.54, 1.807) is 0 Å². The Balaban J connectivity index is 1.82. The van der Waals surface area contributed by atoms with E-state index in [-0.39, 0.29) is 5.56 Å². The molecule has 0 aliphatic carbocycles. The van der Waals surface area contributed by atoms with Crippen LogP contribution in [0.2, 0.25) is 0 Å². The minimum atomic E-state index is 0.176. The zero-order valence-electron chi connectivity index (χ0n) is 14.5. The molecule has 2 atom stereocenters. The molecular weight excluding hydrogens is 298 g/mol. The summed E-state index contributed by atoms with van der Waals surface area (Å²) in [5, 5.41) is 3.50. The van der Waals surface area contributed by atoms with Crippen LogP contribution in [0.4, 0.5) is 0 Å². The van der Waals surface area contributed by atoms with Gasteiger partial charge in [-0.2, -0.15) is 0 Å². The van der Waals surface area contributed by atoms with Crippen molar-refractivity contribution >= 4 is 0 Å². The maximum atomic E-state index is 13.2. The Labute approximate surface area is 143 Å². The first-order valence-electron chi connectivity index (χ1n) is 8.81. The maximum Gasteiger partial charge on any atom is 0.258 e. The molecule has 4 rings (SSSR count). The van der Waals surface area contributed by atoms with Crippen LogP contribution in [-0.2, 0) is 13.1 Å². The third-order valence-corrected chi connectivity index (χ3v) is 5.30. The molecule has 2 aliphatic rings. The van der Waals surface area contributed by atoms with Gasteiger partial charge < -0.3 is 14.8 Å². The summed E-state index contributed by atoms with van der Waals surface area (Å²) >= 11 is 0. The molecule has 126 valence electrons. The van der Waals surface area contributed by atoms with Gasteiger partial charge in [-0.25, -0.2) is 0 Å². The second-order valence-electron chi connectivity index (χ2n) is 7.44. The molecule has 0 saturated carbocycles. The fourth-order valence-electron chi connectivity index (χ4n) is 4.26. The Morgan fingerprint density at radius 2 is 1.96 bits per heavy atom. The Morgan fingerprint density at radius 1 is 1.12 bits per heavy atom. The molecule has 24 heavy (non-hydrogen) atoms. The summed E-state index contributed by atoms with van der Waals surface area (Å²) < 4.78 is 2.04. The lowest BCUT2D eigenvalue weighted by Crippen LogP contribution is -2.45. The summed E-state index contributed by atoms with van der Waals surface area (Å²) in [5.74, 6) is 1.07. The van der Waals surface area contributed by atoms with Gasteiger partial charge in [0.15, 0.2) is 0 Å². The van der Waals surface area contributed by atoms with E-state index < -0.39 is 0 Å². The molecule has 0 unspecified atom stereocenters. The number of benzene rings is 1. The number of pyridine rings is 1. The van der Waals surface area contributed by atoms with Crippen molar-refractivity contribution in [2.24, 2.45) is 5.92 Å². The molecule has 1 N–H and O–H groups in total. The van der Waals surface area contributed by atoms with Crippen LogP contribution in [0, 0.1) is 5.92 Å². The highest BCUT2D eigenvalue weighted by Gasteiger charge is 2.31. The van der Waals surface area contributed by atoms with Gasteiger partial charge in [0, 0.05) is 36.8 Å². The average Bonchev–Trinajstić information content (AvgIpc) is 2.57. The number of rotatable bonds is 3. The number of nitrogens with zero attached hydrogens (tertiary/aromatic N) is 2. The van der Waals surface area contributed by atoms with Crippen LogP contribution in [0.3, 0.4) is 0 Å². The topological polar surface area (TPSA) is 37.3 Å². The van der Waals surface area contributed by atoms with Gasteiger partial charge in [0.1, 0.15) is 0 Å². The number of fused-ring (bicyclic) bond motifs is 4. The first-order chi connectivity index (χ1) is 11.6. The van der Waals surface area contributed by atoms with E-state index in [1.807, 2.05) is 16.7 Å². The highest BCUT2D eigenvalue weighted by Crippen LogP contribution is 2.33. The summed E-state index contributed by atoms with van der Waals surface area (Å²) in [7, 11) is 4.12. The van der Waals surface area contributed by atoms with Crippen molar-refractivity contribution in [1.82, 2.24) is 14.8 Å². The quantitative estimate of drug-likeness (QED) is 0.942. The minimum Gasteiger partial charge on any atom is -0.316 e. The molecule has 4 heteroatoms. The lowest BCUT2D eigenvalue weighted by molar-refractivity contribution is 0.257. The Morgan fingerprint density at radius 3 is 2.79 bits per heavy atom. The SMILES string of the molecule is CN(C)Cc1ccccc1-c1ccc2n(c1=O)C[C@H]1CNC[C@H]2C1. The Bertz CT molecular complexity index is 809. The zero-order valence-corrected chi connectivity index (χ0v) is 14.5. The van der Waals surface area contributed by atoms with Crippen molar-refractivity contribution < 1.29 is 0 Å². The second kappa shape index (κ2) is 6.19. The highest BCUT2D eigenvalue weighted by molar-refractivity contribution is 5.66. The molecule has 4 nitrogen and oxygen atoms in total. The van der Waals surface area contributed by atoms with E-state index >= 15 is 0 Å². The Kier molecular flexibility index (Phi) is 4.02. The number of hydrogen-bond donors (Lipinski definition) is 1. The fourth-order valence-corrected chi connectivity index (χ4v) is 4.26. The van der Waals surface area contributed by atoms with Gasteiger partial charge in [-0.05, 0) is 56.2 Å². The molecular formula is C20H25N3O. The van der Waals surface area contributed by atoms with Gasteiger partial charge in [0.25, 0.3) is 5.56 Å².